The number of carbonyl (C=O) groups is 1. The first-order valence-corrected chi connectivity index (χ1v) is 12.5. The first kappa shape index (κ1) is 24.8. The van der Waals surface area contributed by atoms with Crippen LogP contribution in [0.4, 0.5) is 0 Å². The molecule has 3 aromatic rings. The van der Waals surface area contributed by atoms with E-state index in [-0.39, 0.29) is 18.0 Å². The third-order valence-electron chi connectivity index (χ3n) is 6.59. The van der Waals surface area contributed by atoms with Crippen molar-refractivity contribution in [1.29, 1.82) is 0 Å². The molecule has 4 rings (SSSR count). The second kappa shape index (κ2) is 12.4. The van der Waals surface area contributed by atoms with Crippen LogP contribution in [0.2, 0.25) is 0 Å². The van der Waals surface area contributed by atoms with Gasteiger partial charge < -0.3 is 10.6 Å². The predicted molar refractivity (Wildman–Crippen MR) is 143 cm³/mol. The molecule has 0 bridgehead atoms. The van der Waals surface area contributed by atoms with E-state index in [0.29, 0.717) is 12.5 Å². The molecule has 2 N–H and O–H groups in total. The summed E-state index contributed by atoms with van der Waals surface area (Å²) in [6.07, 6.45) is 8.62. The van der Waals surface area contributed by atoms with Crippen LogP contribution in [-0.2, 0) is 17.9 Å². The number of likely N-dealkylation sites (tertiary alicyclic amines) is 1. The minimum atomic E-state index is -0.159. The Morgan fingerprint density at radius 1 is 1.03 bits per heavy atom. The van der Waals surface area contributed by atoms with E-state index in [0.717, 1.165) is 31.6 Å². The van der Waals surface area contributed by atoms with E-state index in [2.05, 4.69) is 82.9 Å². The SMILES string of the molecule is CC(C)c1ccc(CN[C@H]2C[C@@H](C(=O)NCc3cccnc3)N(C/C=C/c3ccccc3)C2)cc1. The third kappa shape index (κ3) is 7.35. The fraction of sp³-hybridized carbons (Fsp3) is 0.333. The van der Waals surface area contributed by atoms with Crippen molar-refractivity contribution in [3.8, 4) is 0 Å². The Morgan fingerprint density at radius 3 is 2.54 bits per heavy atom. The van der Waals surface area contributed by atoms with Crippen molar-refractivity contribution in [2.24, 2.45) is 0 Å². The molecule has 35 heavy (non-hydrogen) atoms. The van der Waals surface area contributed by atoms with Gasteiger partial charge in [0.1, 0.15) is 0 Å². The second-order valence-corrected chi connectivity index (χ2v) is 9.57. The molecular formula is C30H36N4O. The maximum Gasteiger partial charge on any atom is 0.237 e. The molecule has 1 aliphatic rings. The molecule has 0 spiro atoms. The summed E-state index contributed by atoms with van der Waals surface area (Å²) in [5.74, 6) is 0.614. The summed E-state index contributed by atoms with van der Waals surface area (Å²) in [7, 11) is 0. The number of benzene rings is 2. The summed E-state index contributed by atoms with van der Waals surface area (Å²) in [4.78, 5) is 19.6. The highest BCUT2D eigenvalue weighted by atomic mass is 16.2. The number of aromatic nitrogens is 1. The van der Waals surface area contributed by atoms with Gasteiger partial charge in [0.25, 0.3) is 0 Å². The zero-order valence-corrected chi connectivity index (χ0v) is 20.7. The zero-order chi connectivity index (χ0) is 24.5. The van der Waals surface area contributed by atoms with Crippen LogP contribution >= 0.6 is 0 Å². The van der Waals surface area contributed by atoms with E-state index >= 15 is 0 Å². The van der Waals surface area contributed by atoms with Crippen LogP contribution in [0.1, 0.15) is 48.4 Å². The molecule has 0 saturated carbocycles. The summed E-state index contributed by atoms with van der Waals surface area (Å²) in [5.41, 5.74) is 4.81. The molecule has 0 aliphatic carbocycles. The maximum absolute atomic E-state index is 13.2. The Balaban J connectivity index is 1.37. The highest BCUT2D eigenvalue weighted by Crippen LogP contribution is 2.20. The van der Waals surface area contributed by atoms with Crippen molar-refractivity contribution in [1.82, 2.24) is 20.5 Å². The average Bonchev–Trinajstić information content (AvgIpc) is 3.30. The number of nitrogens with one attached hydrogen (secondary N) is 2. The van der Waals surface area contributed by atoms with Crippen LogP contribution in [0.3, 0.4) is 0 Å². The molecule has 2 aromatic carbocycles. The van der Waals surface area contributed by atoms with Gasteiger partial charge in [-0.3, -0.25) is 14.7 Å². The van der Waals surface area contributed by atoms with Crippen LogP contribution in [0.25, 0.3) is 6.08 Å². The molecule has 182 valence electrons. The topological polar surface area (TPSA) is 57.3 Å². The number of rotatable bonds is 10. The lowest BCUT2D eigenvalue weighted by Gasteiger charge is -2.22. The van der Waals surface area contributed by atoms with Crippen molar-refractivity contribution >= 4 is 12.0 Å². The Bertz CT molecular complexity index is 1080. The average molecular weight is 469 g/mol. The van der Waals surface area contributed by atoms with Gasteiger partial charge in [0.05, 0.1) is 6.04 Å². The van der Waals surface area contributed by atoms with Gasteiger partial charge in [-0.05, 0) is 40.7 Å². The van der Waals surface area contributed by atoms with Gasteiger partial charge in [-0.2, -0.15) is 0 Å². The Morgan fingerprint density at radius 2 is 1.83 bits per heavy atom. The van der Waals surface area contributed by atoms with Gasteiger partial charge >= 0.3 is 0 Å². The molecule has 2 atom stereocenters. The Hall–Kier alpha value is -3.28. The first-order chi connectivity index (χ1) is 17.1. The minimum Gasteiger partial charge on any atom is -0.351 e. The molecule has 1 fully saturated rings. The number of carbonyl (C=O) groups excluding carboxylic acids is 1. The fourth-order valence-corrected chi connectivity index (χ4v) is 4.51. The van der Waals surface area contributed by atoms with Crippen molar-refractivity contribution < 1.29 is 4.79 Å². The summed E-state index contributed by atoms with van der Waals surface area (Å²) in [6.45, 7) is 7.31. The molecule has 1 amide bonds. The molecule has 1 saturated heterocycles. The summed E-state index contributed by atoms with van der Waals surface area (Å²) in [5, 5.41) is 6.81. The lowest BCUT2D eigenvalue weighted by Crippen LogP contribution is -2.43. The third-order valence-corrected chi connectivity index (χ3v) is 6.59. The summed E-state index contributed by atoms with van der Waals surface area (Å²) in [6, 6.07) is 23.1. The monoisotopic (exact) mass is 468 g/mol. The van der Waals surface area contributed by atoms with Gasteiger partial charge in [-0.1, -0.05) is 86.7 Å². The van der Waals surface area contributed by atoms with E-state index in [1.54, 1.807) is 12.4 Å². The summed E-state index contributed by atoms with van der Waals surface area (Å²) < 4.78 is 0. The van der Waals surface area contributed by atoms with E-state index < -0.39 is 0 Å². The largest absolute Gasteiger partial charge is 0.351 e. The van der Waals surface area contributed by atoms with Gasteiger partial charge in [0.2, 0.25) is 5.91 Å². The van der Waals surface area contributed by atoms with Crippen molar-refractivity contribution in [3.63, 3.8) is 0 Å². The van der Waals surface area contributed by atoms with Crippen LogP contribution in [0, 0.1) is 0 Å². The van der Waals surface area contributed by atoms with Crippen molar-refractivity contribution in [2.75, 3.05) is 13.1 Å². The van der Waals surface area contributed by atoms with E-state index in [1.807, 2.05) is 30.3 Å². The number of nitrogens with zero attached hydrogens (tertiary/aromatic N) is 2. The molecular weight excluding hydrogens is 432 g/mol. The van der Waals surface area contributed by atoms with Gasteiger partial charge in [-0.25, -0.2) is 0 Å². The second-order valence-electron chi connectivity index (χ2n) is 9.57. The minimum absolute atomic E-state index is 0.0764. The molecule has 5 heteroatoms. The van der Waals surface area contributed by atoms with E-state index in [1.165, 1.54) is 16.7 Å². The van der Waals surface area contributed by atoms with Gasteiger partial charge in [-0.15, -0.1) is 0 Å². The fourth-order valence-electron chi connectivity index (χ4n) is 4.51. The Labute approximate surface area is 209 Å². The van der Waals surface area contributed by atoms with Crippen LogP contribution < -0.4 is 10.6 Å². The highest BCUT2D eigenvalue weighted by molar-refractivity contribution is 5.82. The van der Waals surface area contributed by atoms with Crippen molar-refractivity contribution in [2.45, 2.75) is 51.4 Å². The molecule has 0 radical (unpaired) electrons. The lowest BCUT2D eigenvalue weighted by molar-refractivity contribution is -0.125. The maximum atomic E-state index is 13.2. The predicted octanol–water partition coefficient (Wildman–Crippen LogP) is 4.77. The molecule has 1 aromatic heterocycles. The molecule has 1 aliphatic heterocycles. The van der Waals surface area contributed by atoms with Gasteiger partial charge in [0.15, 0.2) is 0 Å². The number of amides is 1. The number of hydrogen-bond donors (Lipinski definition) is 2. The quantitative estimate of drug-likeness (QED) is 0.450. The normalized spacial score (nSPS) is 18.4. The Kier molecular flexibility index (Phi) is 8.82. The summed E-state index contributed by atoms with van der Waals surface area (Å²) >= 11 is 0. The number of pyridine rings is 1. The van der Waals surface area contributed by atoms with Crippen LogP contribution in [0.5, 0.6) is 0 Å². The van der Waals surface area contributed by atoms with E-state index in [4.69, 9.17) is 0 Å². The van der Waals surface area contributed by atoms with Gasteiger partial charge in [0, 0.05) is 44.6 Å². The molecule has 0 unspecified atom stereocenters. The lowest BCUT2D eigenvalue weighted by atomic mass is 10.0. The first-order valence-electron chi connectivity index (χ1n) is 12.5. The smallest absolute Gasteiger partial charge is 0.237 e. The standard InChI is InChI=1S/C30H36N4O/c1-23(2)27-14-12-25(13-15-27)20-32-28-18-29(30(35)33-21-26-10-6-16-31-19-26)34(22-28)17-7-11-24-8-4-3-5-9-24/h3-16,19,23,28-29,32H,17-18,20-22H2,1-2H3,(H,33,35)/b11-7+/t28-,29-/m0/s1. The van der Waals surface area contributed by atoms with Crippen LogP contribution in [0.15, 0.2) is 85.2 Å². The van der Waals surface area contributed by atoms with Crippen LogP contribution in [-0.4, -0.2) is 41.0 Å². The molecule has 2 heterocycles. The number of hydrogen-bond acceptors (Lipinski definition) is 4. The van der Waals surface area contributed by atoms with Crippen molar-refractivity contribution in [3.05, 3.63) is 107 Å². The van der Waals surface area contributed by atoms with E-state index in [9.17, 15) is 4.79 Å². The molecule has 5 nitrogen and oxygen atoms in total. The highest BCUT2D eigenvalue weighted by Gasteiger charge is 2.35. The zero-order valence-electron chi connectivity index (χ0n) is 20.7.